The summed E-state index contributed by atoms with van der Waals surface area (Å²) in [5.74, 6) is -0.176. The van der Waals surface area contributed by atoms with Crippen LogP contribution in [0.5, 0.6) is 0 Å². The number of carbonyl (C=O) groups is 1. The van der Waals surface area contributed by atoms with Crippen molar-refractivity contribution in [2.24, 2.45) is 0 Å². The zero-order chi connectivity index (χ0) is 15.4. The van der Waals surface area contributed by atoms with E-state index in [4.69, 9.17) is 16.3 Å². The Kier molecular flexibility index (Phi) is 4.98. The summed E-state index contributed by atoms with van der Waals surface area (Å²) in [6, 6.07) is 7.19. The fraction of sp³-hybridized carbons (Fsp3) is 0.333. The van der Waals surface area contributed by atoms with Crippen molar-refractivity contribution >= 4 is 17.5 Å². The molecule has 1 aromatic carbocycles. The van der Waals surface area contributed by atoms with Gasteiger partial charge in [-0.2, -0.15) is 5.10 Å². The lowest BCUT2D eigenvalue weighted by Crippen LogP contribution is -2.37. The summed E-state index contributed by atoms with van der Waals surface area (Å²) in [6.07, 6.45) is 1.26. The van der Waals surface area contributed by atoms with E-state index in [1.54, 1.807) is 26.2 Å². The summed E-state index contributed by atoms with van der Waals surface area (Å²) in [7, 11) is 1.62. The monoisotopic (exact) mass is 307 g/mol. The first kappa shape index (κ1) is 15.5. The Morgan fingerprint density at radius 1 is 1.38 bits per heavy atom. The van der Waals surface area contributed by atoms with Gasteiger partial charge in [0.05, 0.1) is 17.8 Å². The molecule has 112 valence electrons. The van der Waals surface area contributed by atoms with E-state index in [0.29, 0.717) is 10.6 Å². The van der Waals surface area contributed by atoms with Gasteiger partial charge in [0.15, 0.2) is 0 Å². The molecule has 2 rings (SSSR count). The standard InChI is InChI=1S/C15H18ClN3O2/c1-9-13(8-17-19-9)15(20)18-10(2)14(21-3)11-4-6-12(16)7-5-11/h4-8,10,14H,1-3H3,(H,17,19)(H,18,20)/t10-,14-/m0/s1. The SMILES string of the molecule is CO[C@H](c1ccc(Cl)cc1)[C@H](C)NC(=O)c1cn[nH]c1C. The van der Waals surface area contributed by atoms with Crippen molar-refractivity contribution in [3.05, 3.63) is 52.3 Å². The Bertz CT molecular complexity index is 610. The molecule has 0 unspecified atom stereocenters. The molecule has 1 amide bonds. The van der Waals surface area contributed by atoms with Gasteiger partial charge in [0, 0.05) is 17.8 Å². The molecule has 0 fully saturated rings. The minimum atomic E-state index is -0.251. The summed E-state index contributed by atoms with van der Waals surface area (Å²) in [6.45, 7) is 3.70. The van der Waals surface area contributed by atoms with Crippen molar-refractivity contribution in [1.82, 2.24) is 15.5 Å². The number of amides is 1. The molecule has 0 aliphatic carbocycles. The maximum Gasteiger partial charge on any atom is 0.255 e. The smallest absolute Gasteiger partial charge is 0.255 e. The molecule has 0 saturated carbocycles. The zero-order valence-corrected chi connectivity index (χ0v) is 12.9. The molecule has 6 heteroatoms. The van der Waals surface area contributed by atoms with E-state index >= 15 is 0 Å². The molecule has 21 heavy (non-hydrogen) atoms. The van der Waals surface area contributed by atoms with Crippen LogP contribution in [-0.4, -0.2) is 29.3 Å². The lowest BCUT2D eigenvalue weighted by Gasteiger charge is -2.24. The molecule has 5 nitrogen and oxygen atoms in total. The first-order valence-corrected chi connectivity index (χ1v) is 6.99. The van der Waals surface area contributed by atoms with Crippen LogP contribution in [0.3, 0.4) is 0 Å². The second-order valence-corrected chi connectivity index (χ2v) is 5.32. The highest BCUT2D eigenvalue weighted by molar-refractivity contribution is 6.30. The Morgan fingerprint density at radius 3 is 2.57 bits per heavy atom. The summed E-state index contributed by atoms with van der Waals surface area (Å²) < 4.78 is 5.51. The fourth-order valence-corrected chi connectivity index (χ4v) is 2.35. The van der Waals surface area contributed by atoms with Crippen LogP contribution in [0, 0.1) is 6.92 Å². The molecule has 2 atom stereocenters. The average Bonchev–Trinajstić information content (AvgIpc) is 2.88. The Hall–Kier alpha value is -1.85. The van der Waals surface area contributed by atoms with Crippen LogP contribution in [0.15, 0.2) is 30.5 Å². The van der Waals surface area contributed by atoms with E-state index in [1.807, 2.05) is 19.1 Å². The highest BCUT2D eigenvalue weighted by Gasteiger charge is 2.22. The molecule has 1 aromatic heterocycles. The summed E-state index contributed by atoms with van der Waals surface area (Å²) in [5, 5.41) is 10.2. The van der Waals surface area contributed by atoms with Crippen LogP contribution in [0.2, 0.25) is 5.02 Å². The Labute approximate surface area is 128 Å². The summed E-state index contributed by atoms with van der Waals surface area (Å²) in [4.78, 5) is 12.2. The maximum absolute atomic E-state index is 12.2. The number of nitrogens with zero attached hydrogens (tertiary/aromatic N) is 1. The lowest BCUT2D eigenvalue weighted by molar-refractivity contribution is 0.0644. The molecular weight excluding hydrogens is 290 g/mol. The van der Waals surface area contributed by atoms with Gasteiger partial charge in [0.25, 0.3) is 5.91 Å². The number of rotatable bonds is 5. The lowest BCUT2D eigenvalue weighted by atomic mass is 10.0. The number of carbonyl (C=O) groups excluding carboxylic acids is 1. The number of nitrogens with one attached hydrogen (secondary N) is 2. The minimum absolute atomic E-state index is 0.176. The zero-order valence-electron chi connectivity index (χ0n) is 12.2. The van der Waals surface area contributed by atoms with Gasteiger partial charge in [-0.05, 0) is 31.5 Å². The molecule has 0 aliphatic rings. The molecule has 0 radical (unpaired) electrons. The van der Waals surface area contributed by atoms with Crippen LogP contribution in [-0.2, 0) is 4.74 Å². The van der Waals surface area contributed by atoms with Gasteiger partial charge in [-0.3, -0.25) is 9.89 Å². The molecule has 1 heterocycles. The van der Waals surface area contributed by atoms with Crippen molar-refractivity contribution in [2.75, 3.05) is 7.11 Å². The Morgan fingerprint density at radius 2 is 2.05 bits per heavy atom. The van der Waals surface area contributed by atoms with Crippen molar-refractivity contribution in [3.8, 4) is 0 Å². The average molecular weight is 308 g/mol. The maximum atomic E-state index is 12.2. The van der Waals surface area contributed by atoms with Crippen LogP contribution in [0.1, 0.15) is 34.6 Å². The third kappa shape index (κ3) is 3.62. The normalized spacial score (nSPS) is 13.7. The number of hydrogen-bond acceptors (Lipinski definition) is 3. The molecule has 0 bridgehead atoms. The van der Waals surface area contributed by atoms with E-state index < -0.39 is 0 Å². The number of halogens is 1. The number of methoxy groups -OCH3 is 1. The number of hydrogen-bond donors (Lipinski definition) is 2. The second kappa shape index (κ2) is 6.74. The number of ether oxygens (including phenoxy) is 1. The van der Waals surface area contributed by atoms with Gasteiger partial charge < -0.3 is 10.1 Å². The molecule has 0 aliphatic heterocycles. The van der Waals surface area contributed by atoms with E-state index in [2.05, 4.69) is 15.5 Å². The molecule has 2 N–H and O–H groups in total. The van der Waals surface area contributed by atoms with Crippen molar-refractivity contribution < 1.29 is 9.53 Å². The predicted molar refractivity (Wildman–Crippen MR) is 81.5 cm³/mol. The topological polar surface area (TPSA) is 67.0 Å². The quantitative estimate of drug-likeness (QED) is 0.892. The van der Waals surface area contributed by atoms with Gasteiger partial charge in [-0.1, -0.05) is 23.7 Å². The number of H-pyrrole nitrogens is 1. The number of aryl methyl sites for hydroxylation is 1. The summed E-state index contributed by atoms with van der Waals surface area (Å²) >= 11 is 5.89. The van der Waals surface area contributed by atoms with Crippen LogP contribution < -0.4 is 5.32 Å². The van der Waals surface area contributed by atoms with E-state index in [0.717, 1.165) is 11.3 Å². The first-order valence-electron chi connectivity index (χ1n) is 6.62. The molecular formula is C15H18ClN3O2. The van der Waals surface area contributed by atoms with Crippen LogP contribution in [0.25, 0.3) is 0 Å². The van der Waals surface area contributed by atoms with E-state index in [-0.39, 0.29) is 18.1 Å². The third-order valence-electron chi connectivity index (χ3n) is 3.34. The molecule has 0 saturated heterocycles. The first-order chi connectivity index (χ1) is 10.0. The van der Waals surface area contributed by atoms with Gasteiger partial charge in [-0.25, -0.2) is 0 Å². The van der Waals surface area contributed by atoms with Crippen molar-refractivity contribution in [2.45, 2.75) is 26.0 Å². The van der Waals surface area contributed by atoms with Crippen molar-refractivity contribution in [3.63, 3.8) is 0 Å². The van der Waals surface area contributed by atoms with Gasteiger partial charge >= 0.3 is 0 Å². The number of aromatic amines is 1. The second-order valence-electron chi connectivity index (χ2n) is 4.88. The fourth-order valence-electron chi connectivity index (χ4n) is 2.22. The highest BCUT2D eigenvalue weighted by atomic mass is 35.5. The largest absolute Gasteiger partial charge is 0.375 e. The number of aromatic nitrogens is 2. The van der Waals surface area contributed by atoms with Gasteiger partial charge in [0.1, 0.15) is 6.10 Å². The van der Waals surface area contributed by atoms with Crippen molar-refractivity contribution in [1.29, 1.82) is 0 Å². The minimum Gasteiger partial charge on any atom is -0.375 e. The van der Waals surface area contributed by atoms with E-state index in [9.17, 15) is 4.79 Å². The van der Waals surface area contributed by atoms with Crippen LogP contribution in [0.4, 0.5) is 0 Å². The van der Waals surface area contributed by atoms with Gasteiger partial charge in [0.2, 0.25) is 0 Å². The molecule has 2 aromatic rings. The van der Waals surface area contributed by atoms with Gasteiger partial charge in [-0.15, -0.1) is 0 Å². The predicted octanol–water partition coefficient (Wildman–Crippen LogP) is 2.88. The van der Waals surface area contributed by atoms with Crippen LogP contribution >= 0.6 is 11.6 Å². The Balaban J connectivity index is 2.10. The number of benzene rings is 1. The highest BCUT2D eigenvalue weighted by Crippen LogP contribution is 2.22. The van der Waals surface area contributed by atoms with E-state index in [1.165, 1.54) is 6.20 Å². The molecule has 0 spiro atoms. The third-order valence-corrected chi connectivity index (χ3v) is 3.59. The summed E-state index contributed by atoms with van der Waals surface area (Å²) in [5.41, 5.74) is 2.23.